The predicted octanol–water partition coefficient (Wildman–Crippen LogP) is 3.35. The number of hydrogen-bond donors (Lipinski definition) is 1. The first-order valence-corrected chi connectivity index (χ1v) is 8.78. The maximum Gasteiger partial charge on any atom is 0.261 e. The normalized spacial score (nSPS) is 13.3. The van der Waals surface area contributed by atoms with Gasteiger partial charge in [0.1, 0.15) is 0 Å². The summed E-state index contributed by atoms with van der Waals surface area (Å²) in [5, 5.41) is 3.00. The van der Waals surface area contributed by atoms with Crippen molar-refractivity contribution in [1.29, 1.82) is 0 Å². The fourth-order valence-corrected chi connectivity index (χ4v) is 2.55. The highest BCUT2D eigenvalue weighted by atomic mass is 35.7. The number of nitrogens with one attached hydrogen (secondary N) is 1. The third kappa shape index (κ3) is 4.11. The molecule has 0 saturated carbocycles. The summed E-state index contributed by atoms with van der Waals surface area (Å²) in [6.45, 7) is 7.48. The van der Waals surface area contributed by atoms with Crippen molar-refractivity contribution in [3.63, 3.8) is 0 Å². The van der Waals surface area contributed by atoms with Gasteiger partial charge in [-0.2, -0.15) is 0 Å². The summed E-state index contributed by atoms with van der Waals surface area (Å²) in [5.74, 6) is -0.109. The number of halogens is 2. The summed E-state index contributed by atoms with van der Waals surface area (Å²) < 4.78 is 22.8. The molecule has 0 radical (unpaired) electrons. The number of carbonyl (C=O) groups is 1. The van der Waals surface area contributed by atoms with E-state index >= 15 is 0 Å². The van der Waals surface area contributed by atoms with Crippen LogP contribution in [0.25, 0.3) is 0 Å². The van der Waals surface area contributed by atoms with E-state index in [9.17, 15) is 13.2 Å². The maximum atomic E-state index is 12.2. The molecule has 0 aliphatic heterocycles. The smallest absolute Gasteiger partial charge is 0.261 e. The van der Waals surface area contributed by atoms with Crippen LogP contribution in [0, 0.1) is 12.8 Å². The predicted molar refractivity (Wildman–Crippen MR) is 81.0 cm³/mol. The number of hydrogen-bond acceptors (Lipinski definition) is 3. The van der Waals surface area contributed by atoms with Gasteiger partial charge in [0, 0.05) is 27.3 Å². The van der Waals surface area contributed by atoms with Gasteiger partial charge < -0.3 is 5.32 Å². The Balaban J connectivity index is 3.24. The molecule has 0 heterocycles. The lowest BCUT2D eigenvalue weighted by atomic mass is 10.0. The number of amides is 1. The monoisotopic (exact) mass is 337 g/mol. The molecule has 1 unspecified atom stereocenters. The molecular formula is C13H17Cl2NO3S. The van der Waals surface area contributed by atoms with E-state index in [1.165, 1.54) is 12.1 Å². The molecular weight excluding hydrogens is 321 g/mol. The van der Waals surface area contributed by atoms with Gasteiger partial charge in [-0.05, 0) is 37.5 Å². The van der Waals surface area contributed by atoms with E-state index in [-0.39, 0.29) is 33.3 Å². The molecule has 0 bridgehead atoms. The van der Waals surface area contributed by atoms with Crippen molar-refractivity contribution in [2.24, 2.45) is 5.92 Å². The summed E-state index contributed by atoms with van der Waals surface area (Å²) >= 11 is 5.97. The molecule has 1 N–H and O–H groups in total. The number of rotatable bonds is 4. The third-order valence-electron chi connectivity index (χ3n) is 3.20. The molecule has 1 amide bonds. The molecule has 0 fully saturated rings. The van der Waals surface area contributed by atoms with Gasteiger partial charge in [0.05, 0.1) is 4.90 Å². The Hall–Kier alpha value is -0.780. The summed E-state index contributed by atoms with van der Waals surface area (Å²) in [7, 11) is 1.36. The molecule has 0 saturated heterocycles. The van der Waals surface area contributed by atoms with Crippen LogP contribution in [0.1, 0.15) is 36.7 Å². The number of carbonyl (C=O) groups excluding carboxylic acids is 1. The Morgan fingerprint density at radius 2 is 1.80 bits per heavy atom. The standard InChI is InChI=1S/C13H17Cl2NO3S/c1-7(2)9(4)16-13(17)11-5-10(20(15,18)19)6-12(14)8(11)3/h5-7,9H,1-4H3,(H,16,17). The van der Waals surface area contributed by atoms with Gasteiger partial charge in [-0.25, -0.2) is 8.42 Å². The van der Waals surface area contributed by atoms with E-state index in [2.05, 4.69) is 5.32 Å². The average molecular weight is 338 g/mol. The fraction of sp³-hybridized carbons (Fsp3) is 0.462. The van der Waals surface area contributed by atoms with Crippen molar-refractivity contribution in [3.05, 3.63) is 28.3 Å². The van der Waals surface area contributed by atoms with Crippen LogP contribution in [0.3, 0.4) is 0 Å². The van der Waals surface area contributed by atoms with Crippen LogP contribution in [-0.2, 0) is 9.05 Å². The molecule has 0 aliphatic carbocycles. The first kappa shape index (κ1) is 17.3. The molecule has 7 heteroatoms. The van der Waals surface area contributed by atoms with Crippen LogP contribution in [0.5, 0.6) is 0 Å². The molecule has 4 nitrogen and oxygen atoms in total. The van der Waals surface area contributed by atoms with Crippen molar-refractivity contribution in [1.82, 2.24) is 5.32 Å². The van der Waals surface area contributed by atoms with Gasteiger partial charge >= 0.3 is 0 Å². The van der Waals surface area contributed by atoms with E-state index < -0.39 is 9.05 Å². The minimum atomic E-state index is -3.94. The van der Waals surface area contributed by atoms with Gasteiger partial charge in [-0.3, -0.25) is 4.79 Å². The molecule has 1 atom stereocenters. The van der Waals surface area contributed by atoms with Gasteiger partial charge in [-0.1, -0.05) is 25.4 Å². The number of benzene rings is 1. The van der Waals surface area contributed by atoms with Gasteiger partial charge in [0.25, 0.3) is 15.0 Å². The fourth-order valence-electron chi connectivity index (χ4n) is 1.48. The van der Waals surface area contributed by atoms with Crippen LogP contribution in [0.2, 0.25) is 5.02 Å². The molecule has 0 spiro atoms. The molecule has 0 aromatic heterocycles. The Morgan fingerprint density at radius 3 is 2.25 bits per heavy atom. The SMILES string of the molecule is Cc1c(Cl)cc(S(=O)(=O)Cl)cc1C(=O)NC(C)C(C)C. The molecule has 1 rings (SSSR count). The maximum absolute atomic E-state index is 12.2. The highest BCUT2D eigenvalue weighted by Gasteiger charge is 2.20. The Morgan fingerprint density at radius 1 is 1.25 bits per heavy atom. The van der Waals surface area contributed by atoms with Gasteiger partial charge in [-0.15, -0.1) is 0 Å². The minimum absolute atomic E-state index is 0.0445. The average Bonchev–Trinajstić information content (AvgIpc) is 2.30. The second kappa shape index (κ2) is 6.33. The zero-order valence-corrected chi connectivity index (χ0v) is 14.0. The van der Waals surface area contributed by atoms with Crippen molar-refractivity contribution < 1.29 is 13.2 Å². The van der Waals surface area contributed by atoms with E-state index in [4.69, 9.17) is 22.3 Å². The van der Waals surface area contributed by atoms with E-state index in [1.807, 2.05) is 20.8 Å². The van der Waals surface area contributed by atoms with E-state index in [0.717, 1.165) is 0 Å². The van der Waals surface area contributed by atoms with E-state index in [0.29, 0.717) is 5.56 Å². The van der Waals surface area contributed by atoms with Crippen LogP contribution in [-0.4, -0.2) is 20.4 Å². The lowest BCUT2D eigenvalue weighted by Crippen LogP contribution is -2.36. The third-order valence-corrected chi connectivity index (χ3v) is 4.93. The Kier molecular flexibility index (Phi) is 5.46. The van der Waals surface area contributed by atoms with Crippen molar-refractivity contribution in [2.45, 2.75) is 38.6 Å². The lowest BCUT2D eigenvalue weighted by Gasteiger charge is -2.18. The van der Waals surface area contributed by atoms with Crippen LogP contribution < -0.4 is 5.32 Å². The quantitative estimate of drug-likeness (QED) is 0.857. The van der Waals surface area contributed by atoms with Crippen molar-refractivity contribution >= 4 is 37.2 Å². The lowest BCUT2D eigenvalue weighted by molar-refractivity contribution is 0.0929. The topological polar surface area (TPSA) is 63.2 Å². The van der Waals surface area contributed by atoms with Crippen molar-refractivity contribution in [2.75, 3.05) is 0 Å². The highest BCUT2D eigenvalue weighted by molar-refractivity contribution is 8.13. The van der Waals surface area contributed by atoms with Gasteiger partial charge in [0.15, 0.2) is 0 Å². The summed E-state index contributed by atoms with van der Waals surface area (Å²) in [6.07, 6.45) is 0. The molecule has 0 aliphatic rings. The minimum Gasteiger partial charge on any atom is -0.349 e. The Labute approximate surface area is 128 Å². The summed E-state index contributed by atoms with van der Waals surface area (Å²) in [6, 6.07) is 2.44. The van der Waals surface area contributed by atoms with Crippen LogP contribution >= 0.6 is 22.3 Å². The zero-order valence-electron chi connectivity index (χ0n) is 11.7. The largest absolute Gasteiger partial charge is 0.349 e. The molecule has 20 heavy (non-hydrogen) atoms. The zero-order chi connectivity index (χ0) is 15.7. The second-order valence-corrected chi connectivity index (χ2v) is 7.99. The first-order chi connectivity index (χ1) is 9.04. The second-order valence-electron chi connectivity index (χ2n) is 5.02. The van der Waals surface area contributed by atoms with Crippen LogP contribution in [0.15, 0.2) is 17.0 Å². The summed E-state index contributed by atoms with van der Waals surface area (Å²) in [4.78, 5) is 12.0. The van der Waals surface area contributed by atoms with Gasteiger partial charge in [0.2, 0.25) is 0 Å². The summed E-state index contributed by atoms with van der Waals surface area (Å²) in [5.41, 5.74) is 0.730. The highest BCUT2D eigenvalue weighted by Crippen LogP contribution is 2.26. The molecule has 1 aromatic carbocycles. The molecule has 112 valence electrons. The Bertz CT molecular complexity index is 627. The molecule has 1 aromatic rings. The van der Waals surface area contributed by atoms with E-state index in [1.54, 1.807) is 6.92 Å². The van der Waals surface area contributed by atoms with Crippen LogP contribution in [0.4, 0.5) is 0 Å². The first-order valence-electron chi connectivity index (χ1n) is 6.09. The van der Waals surface area contributed by atoms with Crippen molar-refractivity contribution in [3.8, 4) is 0 Å².